The van der Waals surface area contributed by atoms with Crippen molar-refractivity contribution in [1.82, 2.24) is 9.97 Å². The number of thioether (sulfide) groups is 1. The van der Waals surface area contributed by atoms with Crippen molar-refractivity contribution < 1.29 is 5.11 Å². The van der Waals surface area contributed by atoms with Gasteiger partial charge < -0.3 is 10.1 Å². The number of halogens is 1. The molecule has 0 aliphatic heterocycles. The average molecular weight is 311 g/mol. The van der Waals surface area contributed by atoms with Gasteiger partial charge in [0.2, 0.25) is 0 Å². The van der Waals surface area contributed by atoms with E-state index in [1.807, 2.05) is 24.3 Å². The fourth-order valence-corrected chi connectivity index (χ4v) is 2.78. The Labute approximate surface area is 126 Å². The molecule has 2 aromatic rings. The number of hydrogen-bond donors (Lipinski definition) is 2. The van der Waals surface area contributed by atoms with Crippen LogP contribution in [0.1, 0.15) is 16.8 Å². The molecule has 4 nitrogen and oxygen atoms in total. The largest absolute Gasteiger partial charge is 0.396 e. The summed E-state index contributed by atoms with van der Waals surface area (Å²) in [5, 5.41) is 10.2. The SMILES string of the molecule is Cc1nc(SCc2ccc(Cl)cc2)[nH]c(=O)c1CCO. The third-order valence-electron chi connectivity index (χ3n) is 2.85. The molecule has 0 spiro atoms. The van der Waals surface area contributed by atoms with E-state index in [0.29, 0.717) is 33.6 Å². The number of aromatic nitrogens is 2. The minimum atomic E-state index is -0.176. The summed E-state index contributed by atoms with van der Waals surface area (Å²) >= 11 is 7.29. The van der Waals surface area contributed by atoms with Gasteiger partial charge in [-0.15, -0.1) is 0 Å². The third-order valence-corrected chi connectivity index (χ3v) is 4.05. The van der Waals surface area contributed by atoms with Crippen molar-refractivity contribution in [2.75, 3.05) is 6.61 Å². The highest BCUT2D eigenvalue weighted by Gasteiger charge is 2.08. The number of nitrogens with one attached hydrogen (secondary N) is 1. The first-order chi connectivity index (χ1) is 9.60. The number of nitrogens with zero attached hydrogens (tertiary/aromatic N) is 1. The summed E-state index contributed by atoms with van der Waals surface area (Å²) in [5.41, 5.74) is 2.15. The quantitative estimate of drug-likeness (QED) is 0.658. The van der Waals surface area contributed by atoms with Crippen molar-refractivity contribution in [3.63, 3.8) is 0 Å². The van der Waals surface area contributed by atoms with Crippen LogP contribution in [0.4, 0.5) is 0 Å². The van der Waals surface area contributed by atoms with Crippen LogP contribution in [0, 0.1) is 6.92 Å². The molecule has 106 valence electrons. The summed E-state index contributed by atoms with van der Waals surface area (Å²) in [6, 6.07) is 7.56. The molecule has 1 aromatic carbocycles. The Morgan fingerprint density at radius 3 is 2.65 bits per heavy atom. The molecule has 6 heteroatoms. The minimum Gasteiger partial charge on any atom is -0.396 e. The van der Waals surface area contributed by atoms with Crippen molar-refractivity contribution in [1.29, 1.82) is 0 Å². The van der Waals surface area contributed by atoms with E-state index in [1.165, 1.54) is 11.8 Å². The first kappa shape index (κ1) is 15.1. The van der Waals surface area contributed by atoms with Gasteiger partial charge in [-0.1, -0.05) is 35.5 Å². The topological polar surface area (TPSA) is 66.0 Å². The number of aliphatic hydroxyl groups is 1. The van der Waals surface area contributed by atoms with Crippen LogP contribution in [-0.4, -0.2) is 21.7 Å². The first-order valence-electron chi connectivity index (χ1n) is 6.18. The molecule has 2 rings (SSSR count). The molecule has 20 heavy (non-hydrogen) atoms. The van der Waals surface area contributed by atoms with E-state index in [4.69, 9.17) is 16.7 Å². The Bertz CT molecular complexity index is 641. The molecule has 2 N–H and O–H groups in total. The minimum absolute atomic E-state index is 0.0527. The van der Waals surface area contributed by atoms with Crippen LogP contribution in [-0.2, 0) is 12.2 Å². The number of aromatic amines is 1. The van der Waals surface area contributed by atoms with E-state index in [0.717, 1.165) is 5.56 Å². The maximum Gasteiger partial charge on any atom is 0.255 e. The van der Waals surface area contributed by atoms with Gasteiger partial charge in [-0.2, -0.15) is 0 Å². The van der Waals surface area contributed by atoms with Crippen molar-refractivity contribution in [2.45, 2.75) is 24.3 Å². The predicted molar refractivity (Wildman–Crippen MR) is 81.4 cm³/mol. The van der Waals surface area contributed by atoms with Gasteiger partial charge in [-0.05, 0) is 24.6 Å². The summed E-state index contributed by atoms with van der Waals surface area (Å²) < 4.78 is 0. The van der Waals surface area contributed by atoms with E-state index >= 15 is 0 Å². The Kier molecular flexibility index (Phi) is 5.23. The summed E-state index contributed by atoms with van der Waals surface area (Å²) in [6.07, 6.45) is 0.330. The average Bonchev–Trinajstić information content (AvgIpc) is 2.42. The standard InChI is InChI=1S/C14H15ClN2O2S/c1-9-12(6-7-18)13(19)17-14(16-9)20-8-10-2-4-11(15)5-3-10/h2-5,18H,6-8H2,1H3,(H,16,17,19). The van der Waals surface area contributed by atoms with Crippen molar-refractivity contribution >= 4 is 23.4 Å². The highest BCUT2D eigenvalue weighted by atomic mass is 35.5. The molecule has 0 saturated heterocycles. The molecule has 0 amide bonds. The number of aliphatic hydroxyl groups excluding tert-OH is 1. The van der Waals surface area contributed by atoms with E-state index in [1.54, 1.807) is 6.92 Å². The zero-order chi connectivity index (χ0) is 14.5. The van der Waals surface area contributed by atoms with Crippen LogP contribution in [0.25, 0.3) is 0 Å². The van der Waals surface area contributed by atoms with Gasteiger partial charge in [0.05, 0.1) is 0 Å². The molecule has 0 fully saturated rings. The molecule has 0 bridgehead atoms. The molecular weight excluding hydrogens is 296 g/mol. The van der Waals surface area contributed by atoms with Crippen LogP contribution >= 0.6 is 23.4 Å². The lowest BCUT2D eigenvalue weighted by Gasteiger charge is -2.06. The van der Waals surface area contributed by atoms with E-state index in [9.17, 15) is 4.79 Å². The lowest BCUT2D eigenvalue weighted by Crippen LogP contribution is -2.18. The summed E-state index contributed by atoms with van der Waals surface area (Å²) in [5.74, 6) is 0.707. The van der Waals surface area contributed by atoms with Gasteiger partial charge in [0, 0.05) is 35.1 Å². The van der Waals surface area contributed by atoms with E-state index < -0.39 is 0 Å². The monoisotopic (exact) mass is 310 g/mol. The molecule has 0 saturated carbocycles. The second-order valence-electron chi connectivity index (χ2n) is 4.32. The van der Waals surface area contributed by atoms with E-state index in [2.05, 4.69) is 9.97 Å². The highest BCUT2D eigenvalue weighted by molar-refractivity contribution is 7.98. The van der Waals surface area contributed by atoms with Gasteiger partial charge in [-0.25, -0.2) is 4.98 Å². The lowest BCUT2D eigenvalue weighted by atomic mass is 10.2. The van der Waals surface area contributed by atoms with Crippen LogP contribution < -0.4 is 5.56 Å². The van der Waals surface area contributed by atoms with Gasteiger partial charge in [0.25, 0.3) is 5.56 Å². The number of H-pyrrole nitrogens is 1. The zero-order valence-corrected chi connectivity index (χ0v) is 12.6. The van der Waals surface area contributed by atoms with Gasteiger partial charge >= 0.3 is 0 Å². The number of hydrogen-bond acceptors (Lipinski definition) is 4. The second kappa shape index (κ2) is 6.92. The molecule has 0 radical (unpaired) electrons. The molecule has 1 heterocycles. The molecule has 0 aliphatic carbocycles. The molecule has 0 atom stereocenters. The summed E-state index contributed by atoms with van der Waals surface area (Å²) in [6.45, 7) is 1.73. The van der Waals surface area contributed by atoms with Crippen LogP contribution in [0.3, 0.4) is 0 Å². The maximum absolute atomic E-state index is 11.9. The first-order valence-corrected chi connectivity index (χ1v) is 7.54. The Morgan fingerprint density at radius 2 is 2.05 bits per heavy atom. The Balaban J connectivity index is 2.10. The molecular formula is C14H15ClN2O2S. The molecule has 1 aromatic heterocycles. The fourth-order valence-electron chi connectivity index (χ4n) is 1.79. The normalized spacial score (nSPS) is 10.8. The number of benzene rings is 1. The van der Waals surface area contributed by atoms with Crippen molar-refractivity contribution in [3.8, 4) is 0 Å². The Morgan fingerprint density at radius 1 is 1.35 bits per heavy atom. The summed E-state index contributed by atoms with van der Waals surface area (Å²) in [4.78, 5) is 19.0. The smallest absolute Gasteiger partial charge is 0.255 e. The van der Waals surface area contributed by atoms with Crippen LogP contribution in [0.15, 0.2) is 34.2 Å². The van der Waals surface area contributed by atoms with Gasteiger partial charge in [-0.3, -0.25) is 4.79 Å². The number of rotatable bonds is 5. The fraction of sp³-hybridized carbons (Fsp3) is 0.286. The van der Waals surface area contributed by atoms with Crippen molar-refractivity contribution in [3.05, 3.63) is 56.5 Å². The van der Waals surface area contributed by atoms with Gasteiger partial charge in [0.15, 0.2) is 5.16 Å². The predicted octanol–water partition coefficient (Wildman–Crippen LogP) is 2.56. The maximum atomic E-state index is 11.9. The summed E-state index contributed by atoms with van der Waals surface area (Å²) in [7, 11) is 0. The van der Waals surface area contributed by atoms with E-state index in [-0.39, 0.29) is 12.2 Å². The third kappa shape index (κ3) is 3.85. The molecule has 0 aliphatic rings. The highest BCUT2D eigenvalue weighted by Crippen LogP contribution is 2.20. The zero-order valence-electron chi connectivity index (χ0n) is 11.0. The second-order valence-corrected chi connectivity index (χ2v) is 5.72. The number of aryl methyl sites for hydroxylation is 1. The van der Waals surface area contributed by atoms with Crippen LogP contribution in [0.2, 0.25) is 5.02 Å². The Hall–Kier alpha value is -1.30. The lowest BCUT2D eigenvalue weighted by molar-refractivity contribution is 0.298. The van der Waals surface area contributed by atoms with Crippen LogP contribution in [0.5, 0.6) is 0 Å². The van der Waals surface area contributed by atoms with Gasteiger partial charge in [0.1, 0.15) is 0 Å². The molecule has 0 unspecified atom stereocenters. The van der Waals surface area contributed by atoms with Crippen molar-refractivity contribution in [2.24, 2.45) is 0 Å².